The Morgan fingerprint density at radius 2 is 2.04 bits per heavy atom. The summed E-state index contributed by atoms with van der Waals surface area (Å²) in [5, 5.41) is 8.13. The Morgan fingerprint density at radius 1 is 1.16 bits per heavy atom. The first-order chi connectivity index (χ1) is 12.2. The van der Waals surface area contributed by atoms with Crippen molar-refractivity contribution >= 4 is 34.3 Å². The van der Waals surface area contributed by atoms with E-state index in [1.165, 1.54) is 12.3 Å². The Bertz CT molecular complexity index is 1020. The van der Waals surface area contributed by atoms with E-state index in [-0.39, 0.29) is 11.6 Å². The Morgan fingerprint density at radius 3 is 2.88 bits per heavy atom. The lowest BCUT2D eigenvalue weighted by Crippen LogP contribution is -2.12. The quantitative estimate of drug-likeness (QED) is 0.554. The molecule has 0 radical (unpaired) electrons. The van der Waals surface area contributed by atoms with Gasteiger partial charge in [-0.2, -0.15) is 0 Å². The van der Waals surface area contributed by atoms with E-state index < -0.39 is 0 Å². The van der Waals surface area contributed by atoms with Crippen molar-refractivity contribution in [3.63, 3.8) is 0 Å². The lowest BCUT2D eigenvalue weighted by Gasteiger charge is -2.04. The lowest BCUT2D eigenvalue weighted by molar-refractivity contribution is 0.101. The van der Waals surface area contributed by atoms with Crippen molar-refractivity contribution in [3.05, 3.63) is 70.9 Å². The van der Waals surface area contributed by atoms with E-state index >= 15 is 0 Å². The second kappa shape index (κ2) is 6.49. The smallest absolute Gasteiger partial charge is 0.280 e. The fourth-order valence-electron chi connectivity index (χ4n) is 2.77. The van der Waals surface area contributed by atoms with Gasteiger partial charge in [0.2, 0.25) is 5.88 Å². The number of carbonyl (C=O) groups excluding carboxylic acids is 1. The van der Waals surface area contributed by atoms with E-state index in [0.717, 1.165) is 28.5 Å². The topological polar surface area (TPSA) is 84.1 Å². The molecule has 6 nitrogen and oxygen atoms in total. The van der Waals surface area contributed by atoms with Crippen LogP contribution in [0.2, 0.25) is 5.02 Å². The first kappa shape index (κ1) is 15.5. The Balaban J connectivity index is 1.49. The molecule has 0 spiro atoms. The van der Waals surface area contributed by atoms with Gasteiger partial charge in [0.15, 0.2) is 5.69 Å². The molecule has 4 rings (SSSR count). The van der Waals surface area contributed by atoms with Crippen LogP contribution in [-0.4, -0.2) is 16.0 Å². The van der Waals surface area contributed by atoms with Crippen LogP contribution in [0.1, 0.15) is 21.6 Å². The second-order valence-corrected chi connectivity index (χ2v) is 6.05. The number of hydrogen-bond donors (Lipinski definition) is 2. The van der Waals surface area contributed by atoms with Crippen LogP contribution < -0.4 is 5.32 Å². The number of hydrogen-bond acceptors (Lipinski definition) is 4. The molecule has 0 saturated carbocycles. The molecule has 1 amide bonds. The highest BCUT2D eigenvalue weighted by molar-refractivity contribution is 6.31. The number of anilines is 1. The van der Waals surface area contributed by atoms with E-state index in [2.05, 4.69) is 20.0 Å². The largest absolute Gasteiger partial charge is 0.448 e. The standard InChI is InChI=1S/C18H14ClN3O3/c19-13-3-4-15-14(9-13)12(10-20-15)2-1-11-5-7-24-18(11)21-17(23)16-6-8-25-22-16/h3-10,20H,1-2H2,(H,21,23). The van der Waals surface area contributed by atoms with Crippen LogP contribution in [0.25, 0.3) is 10.9 Å². The molecular formula is C18H14ClN3O3. The molecule has 0 atom stereocenters. The van der Waals surface area contributed by atoms with E-state index in [1.54, 1.807) is 6.26 Å². The van der Waals surface area contributed by atoms with Crippen molar-refractivity contribution < 1.29 is 13.7 Å². The molecule has 0 fully saturated rings. The van der Waals surface area contributed by atoms with E-state index in [0.29, 0.717) is 17.3 Å². The molecular weight excluding hydrogens is 342 g/mol. The van der Waals surface area contributed by atoms with Crippen molar-refractivity contribution in [2.24, 2.45) is 0 Å². The number of furan rings is 1. The third-order valence-electron chi connectivity index (χ3n) is 4.04. The number of rotatable bonds is 5. The summed E-state index contributed by atoms with van der Waals surface area (Å²) in [6, 6.07) is 9.11. The normalized spacial score (nSPS) is 11.1. The summed E-state index contributed by atoms with van der Waals surface area (Å²) in [4.78, 5) is 15.3. The molecule has 1 aromatic carbocycles. The van der Waals surface area contributed by atoms with Crippen LogP contribution in [0.5, 0.6) is 0 Å². The van der Waals surface area contributed by atoms with Crippen molar-refractivity contribution in [2.45, 2.75) is 12.8 Å². The van der Waals surface area contributed by atoms with E-state index in [9.17, 15) is 4.79 Å². The number of H-pyrrole nitrogens is 1. The molecule has 0 aliphatic rings. The maximum atomic E-state index is 12.1. The SMILES string of the molecule is O=C(Nc1occc1CCc1c[nH]c2ccc(Cl)cc12)c1ccon1. The van der Waals surface area contributed by atoms with Crippen molar-refractivity contribution in [3.8, 4) is 0 Å². The first-order valence-electron chi connectivity index (χ1n) is 7.74. The van der Waals surface area contributed by atoms with Crippen LogP contribution in [0.3, 0.4) is 0 Å². The molecule has 0 aliphatic heterocycles. The van der Waals surface area contributed by atoms with Gasteiger partial charge in [-0.05, 0) is 42.7 Å². The van der Waals surface area contributed by atoms with Crippen molar-refractivity contribution in [1.29, 1.82) is 0 Å². The second-order valence-electron chi connectivity index (χ2n) is 5.62. The monoisotopic (exact) mass is 355 g/mol. The molecule has 0 saturated heterocycles. The fraction of sp³-hybridized carbons (Fsp3) is 0.111. The predicted molar refractivity (Wildman–Crippen MR) is 93.9 cm³/mol. The number of nitrogens with zero attached hydrogens (tertiary/aromatic N) is 1. The number of amides is 1. The highest BCUT2D eigenvalue weighted by Gasteiger charge is 2.15. The summed E-state index contributed by atoms with van der Waals surface area (Å²) in [5.41, 5.74) is 3.32. The van der Waals surface area contributed by atoms with Crippen molar-refractivity contribution in [2.75, 3.05) is 5.32 Å². The molecule has 25 heavy (non-hydrogen) atoms. The van der Waals surface area contributed by atoms with Gasteiger partial charge in [0, 0.05) is 33.8 Å². The van der Waals surface area contributed by atoms with E-state index in [1.807, 2.05) is 30.5 Å². The minimum atomic E-state index is -0.371. The summed E-state index contributed by atoms with van der Waals surface area (Å²) < 4.78 is 10.1. The van der Waals surface area contributed by atoms with Gasteiger partial charge in [0.05, 0.1) is 6.26 Å². The molecule has 7 heteroatoms. The van der Waals surface area contributed by atoms with Gasteiger partial charge < -0.3 is 13.9 Å². The zero-order valence-electron chi connectivity index (χ0n) is 13.1. The van der Waals surface area contributed by atoms with Crippen LogP contribution >= 0.6 is 11.6 Å². The first-order valence-corrected chi connectivity index (χ1v) is 8.12. The van der Waals surface area contributed by atoms with Gasteiger partial charge in [-0.15, -0.1) is 0 Å². The molecule has 3 aromatic heterocycles. The highest BCUT2D eigenvalue weighted by atomic mass is 35.5. The van der Waals surface area contributed by atoms with Crippen LogP contribution in [0.15, 0.2) is 58.0 Å². The van der Waals surface area contributed by atoms with Gasteiger partial charge in [-0.1, -0.05) is 16.8 Å². The summed E-state index contributed by atoms with van der Waals surface area (Å²) in [7, 11) is 0. The molecule has 0 aliphatic carbocycles. The number of aryl methyl sites for hydroxylation is 2. The lowest BCUT2D eigenvalue weighted by atomic mass is 10.1. The predicted octanol–water partition coefficient (Wildman–Crippen LogP) is 4.44. The molecule has 0 unspecified atom stereocenters. The summed E-state index contributed by atoms with van der Waals surface area (Å²) in [6.07, 6.45) is 6.38. The molecule has 4 aromatic rings. The Labute approximate surface area is 147 Å². The molecule has 0 bridgehead atoms. The Kier molecular flexibility index (Phi) is 4.03. The van der Waals surface area contributed by atoms with Gasteiger partial charge in [-0.3, -0.25) is 10.1 Å². The third kappa shape index (κ3) is 3.16. The van der Waals surface area contributed by atoms with Crippen LogP contribution in [0.4, 0.5) is 5.88 Å². The average Bonchev–Trinajstić information content (AvgIpc) is 3.34. The maximum Gasteiger partial charge on any atom is 0.280 e. The number of nitrogens with one attached hydrogen (secondary N) is 2. The number of fused-ring (bicyclic) bond motifs is 1. The molecule has 3 heterocycles. The molecule has 126 valence electrons. The highest BCUT2D eigenvalue weighted by Crippen LogP contribution is 2.25. The van der Waals surface area contributed by atoms with Crippen LogP contribution in [-0.2, 0) is 12.8 Å². The molecule has 2 N–H and O–H groups in total. The fourth-order valence-corrected chi connectivity index (χ4v) is 2.94. The van der Waals surface area contributed by atoms with Gasteiger partial charge in [0.1, 0.15) is 6.26 Å². The van der Waals surface area contributed by atoms with E-state index in [4.69, 9.17) is 16.0 Å². The minimum Gasteiger partial charge on any atom is -0.448 e. The van der Waals surface area contributed by atoms with Crippen molar-refractivity contribution in [1.82, 2.24) is 10.1 Å². The minimum absolute atomic E-state index is 0.202. The summed E-state index contributed by atoms with van der Waals surface area (Å²) in [6.45, 7) is 0. The van der Waals surface area contributed by atoms with Gasteiger partial charge in [-0.25, -0.2) is 0 Å². The number of benzene rings is 1. The number of halogens is 1. The number of aromatic nitrogens is 2. The summed E-state index contributed by atoms with van der Waals surface area (Å²) in [5.74, 6) is 0.0506. The number of carbonyl (C=O) groups is 1. The zero-order chi connectivity index (χ0) is 17.2. The Hall–Kier alpha value is -2.99. The summed E-state index contributed by atoms with van der Waals surface area (Å²) >= 11 is 6.09. The van der Waals surface area contributed by atoms with Gasteiger partial charge >= 0.3 is 0 Å². The van der Waals surface area contributed by atoms with Gasteiger partial charge in [0.25, 0.3) is 5.91 Å². The number of aromatic amines is 1. The average molecular weight is 356 g/mol. The van der Waals surface area contributed by atoms with Crippen LogP contribution in [0, 0.1) is 0 Å². The third-order valence-corrected chi connectivity index (χ3v) is 4.27. The maximum absolute atomic E-state index is 12.1. The zero-order valence-corrected chi connectivity index (χ0v) is 13.8.